The number of nitrogens with zero attached hydrogens (tertiary/aromatic N) is 1. The molecular weight excluding hydrogens is 276 g/mol. The molecule has 5 heteroatoms. The smallest absolute Gasteiger partial charge is 0.168 e. The van der Waals surface area contributed by atoms with Gasteiger partial charge in [-0.1, -0.05) is 29.3 Å². The van der Waals surface area contributed by atoms with Crippen LogP contribution in [0.3, 0.4) is 0 Å². The molecule has 2 rings (SSSR count). The summed E-state index contributed by atoms with van der Waals surface area (Å²) in [7, 11) is 0. The van der Waals surface area contributed by atoms with E-state index in [-0.39, 0.29) is 17.2 Å². The summed E-state index contributed by atoms with van der Waals surface area (Å²) in [6, 6.07) is 7.43. The number of pyridine rings is 1. The third kappa shape index (κ3) is 3.06. The summed E-state index contributed by atoms with van der Waals surface area (Å²) in [5.74, 6) is -0.683. The molecule has 0 saturated carbocycles. The minimum atomic E-state index is -0.531. The molecule has 0 unspecified atom stereocenters. The van der Waals surface area contributed by atoms with E-state index >= 15 is 0 Å². The van der Waals surface area contributed by atoms with Crippen LogP contribution in [0.15, 0.2) is 36.5 Å². The fourth-order valence-corrected chi connectivity index (χ4v) is 1.71. The molecule has 0 N–H and O–H groups in total. The van der Waals surface area contributed by atoms with Gasteiger partial charge in [-0.15, -0.1) is 0 Å². The van der Waals surface area contributed by atoms with Crippen LogP contribution in [0.4, 0.5) is 4.39 Å². The maximum absolute atomic E-state index is 13.2. The van der Waals surface area contributed by atoms with Crippen molar-refractivity contribution in [2.45, 2.75) is 6.42 Å². The Hall–Kier alpha value is -1.45. The SMILES string of the molecule is O=C(Cc1ccc(Cl)c(F)c1)c1ccc(Cl)nc1. The van der Waals surface area contributed by atoms with Crippen molar-refractivity contribution in [1.82, 2.24) is 4.98 Å². The Bertz CT molecular complexity index is 584. The van der Waals surface area contributed by atoms with Gasteiger partial charge in [0.15, 0.2) is 5.78 Å². The predicted molar refractivity (Wildman–Crippen MR) is 68.7 cm³/mol. The van der Waals surface area contributed by atoms with Gasteiger partial charge in [-0.25, -0.2) is 9.37 Å². The first-order valence-electron chi connectivity index (χ1n) is 5.15. The molecule has 0 saturated heterocycles. The van der Waals surface area contributed by atoms with Crippen molar-refractivity contribution >= 4 is 29.0 Å². The van der Waals surface area contributed by atoms with Gasteiger partial charge in [-0.3, -0.25) is 4.79 Å². The van der Waals surface area contributed by atoms with Crippen molar-refractivity contribution in [2.24, 2.45) is 0 Å². The summed E-state index contributed by atoms with van der Waals surface area (Å²) in [6.07, 6.45) is 1.49. The molecule has 1 heterocycles. The van der Waals surface area contributed by atoms with Crippen LogP contribution in [-0.4, -0.2) is 10.8 Å². The number of hydrogen-bond acceptors (Lipinski definition) is 2. The fourth-order valence-electron chi connectivity index (χ4n) is 1.48. The van der Waals surface area contributed by atoms with E-state index in [0.717, 1.165) is 0 Å². The molecule has 18 heavy (non-hydrogen) atoms. The van der Waals surface area contributed by atoms with Crippen molar-refractivity contribution in [1.29, 1.82) is 0 Å². The third-order valence-corrected chi connectivity index (χ3v) is 2.93. The molecule has 0 aliphatic carbocycles. The highest BCUT2D eigenvalue weighted by atomic mass is 35.5. The Morgan fingerprint density at radius 3 is 2.61 bits per heavy atom. The van der Waals surface area contributed by atoms with Crippen LogP contribution in [0, 0.1) is 5.82 Å². The minimum absolute atomic E-state index is 0.0411. The van der Waals surface area contributed by atoms with E-state index in [1.807, 2.05) is 0 Å². The number of hydrogen-bond donors (Lipinski definition) is 0. The van der Waals surface area contributed by atoms with Gasteiger partial charge in [-0.05, 0) is 29.8 Å². The summed E-state index contributed by atoms with van der Waals surface area (Å²) < 4.78 is 13.2. The first kappa shape index (κ1) is 13.0. The summed E-state index contributed by atoms with van der Waals surface area (Å²) in [5, 5.41) is 0.364. The molecule has 0 amide bonds. The van der Waals surface area contributed by atoms with Crippen LogP contribution in [0.25, 0.3) is 0 Å². The van der Waals surface area contributed by atoms with Gasteiger partial charge < -0.3 is 0 Å². The molecule has 0 bridgehead atoms. The van der Waals surface area contributed by atoms with E-state index in [9.17, 15) is 9.18 Å². The molecular formula is C13H8Cl2FNO. The molecule has 0 atom stereocenters. The van der Waals surface area contributed by atoms with Crippen molar-refractivity contribution in [3.63, 3.8) is 0 Å². The number of benzene rings is 1. The van der Waals surface area contributed by atoms with Gasteiger partial charge in [0.2, 0.25) is 0 Å². The lowest BCUT2D eigenvalue weighted by molar-refractivity contribution is 0.0992. The second kappa shape index (κ2) is 5.46. The lowest BCUT2D eigenvalue weighted by Crippen LogP contribution is -2.04. The van der Waals surface area contributed by atoms with E-state index < -0.39 is 5.82 Å². The first-order chi connectivity index (χ1) is 8.56. The van der Waals surface area contributed by atoms with Crippen molar-refractivity contribution in [3.8, 4) is 0 Å². The molecule has 1 aromatic carbocycles. The highest BCUT2D eigenvalue weighted by Gasteiger charge is 2.09. The number of aromatic nitrogens is 1. The van der Waals surface area contributed by atoms with Crippen LogP contribution in [0.5, 0.6) is 0 Å². The zero-order valence-corrected chi connectivity index (χ0v) is 10.7. The van der Waals surface area contributed by atoms with Crippen molar-refractivity contribution in [3.05, 3.63) is 63.6 Å². The molecule has 2 nitrogen and oxygen atoms in total. The number of carbonyl (C=O) groups excluding carboxylic acids is 1. The molecule has 92 valence electrons. The summed E-state index contributed by atoms with van der Waals surface area (Å²) >= 11 is 11.2. The highest BCUT2D eigenvalue weighted by Crippen LogP contribution is 2.17. The topological polar surface area (TPSA) is 30.0 Å². The Morgan fingerprint density at radius 2 is 2.00 bits per heavy atom. The maximum Gasteiger partial charge on any atom is 0.168 e. The van der Waals surface area contributed by atoms with E-state index in [4.69, 9.17) is 23.2 Å². The summed E-state index contributed by atoms with van der Waals surface area (Å²) in [6.45, 7) is 0. The maximum atomic E-state index is 13.2. The van der Waals surface area contributed by atoms with Crippen LogP contribution in [-0.2, 0) is 6.42 Å². The van der Waals surface area contributed by atoms with E-state index in [1.165, 1.54) is 24.4 Å². The van der Waals surface area contributed by atoms with E-state index in [1.54, 1.807) is 12.1 Å². The standard InChI is InChI=1S/C13H8Cl2FNO/c14-10-3-1-8(5-11(10)16)6-12(18)9-2-4-13(15)17-7-9/h1-5,7H,6H2. The Balaban J connectivity index is 2.16. The molecule has 2 aromatic rings. The van der Waals surface area contributed by atoms with E-state index in [0.29, 0.717) is 16.3 Å². The van der Waals surface area contributed by atoms with Crippen LogP contribution in [0.2, 0.25) is 10.2 Å². The van der Waals surface area contributed by atoms with Crippen molar-refractivity contribution < 1.29 is 9.18 Å². The Morgan fingerprint density at radius 1 is 1.22 bits per heavy atom. The van der Waals surface area contributed by atoms with Crippen LogP contribution < -0.4 is 0 Å². The highest BCUT2D eigenvalue weighted by molar-refractivity contribution is 6.30. The molecule has 0 fully saturated rings. The van der Waals surface area contributed by atoms with Gasteiger partial charge in [0.25, 0.3) is 0 Å². The molecule has 0 aliphatic heterocycles. The number of halogens is 3. The van der Waals surface area contributed by atoms with Gasteiger partial charge in [-0.2, -0.15) is 0 Å². The first-order valence-corrected chi connectivity index (χ1v) is 5.90. The molecule has 0 aliphatic rings. The minimum Gasteiger partial charge on any atom is -0.294 e. The average Bonchev–Trinajstić information content (AvgIpc) is 2.34. The van der Waals surface area contributed by atoms with Crippen molar-refractivity contribution in [2.75, 3.05) is 0 Å². The number of carbonyl (C=O) groups is 1. The number of rotatable bonds is 3. The van der Waals surface area contributed by atoms with Gasteiger partial charge >= 0.3 is 0 Å². The Labute approximate surface area is 113 Å². The summed E-state index contributed by atoms with van der Waals surface area (Å²) in [4.78, 5) is 15.7. The van der Waals surface area contributed by atoms with Crippen LogP contribution in [0.1, 0.15) is 15.9 Å². The zero-order valence-electron chi connectivity index (χ0n) is 9.16. The Kier molecular flexibility index (Phi) is 3.94. The second-order valence-electron chi connectivity index (χ2n) is 3.72. The second-order valence-corrected chi connectivity index (χ2v) is 4.51. The number of Topliss-reactive ketones (excluding diaryl/α,β-unsaturated/α-hetero) is 1. The zero-order chi connectivity index (χ0) is 13.1. The molecule has 0 spiro atoms. The lowest BCUT2D eigenvalue weighted by atomic mass is 10.0. The third-order valence-electron chi connectivity index (χ3n) is 2.40. The molecule has 0 radical (unpaired) electrons. The predicted octanol–water partition coefficient (Wildman–Crippen LogP) is 3.95. The monoisotopic (exact) mass is 283 g/mol. The lowest BCUT2D eigenvalue weighted by Gasteiger charge is -2.02. The fraction of sp³-hybridized carbons (Fsp3) is 0.0769. The summed E-state index contributed by atoms with van der Waals surface area (Å²) in [5.41, 5.74) is 1.01. The normalized spacial score (nSPS) is 10.4. The van der Waals surface area contributed by atoms with Gasteiger partial charge in [0.1, 0.15) is 11.0 Å². The molecule has 1 aromatic heterocycles. The largest absolute Gasteiger partial charge is 0.294 e. The van der Waals surface area contributed by atoms with Gasteiger partial charge in [0, 0.05) is 18.2 Å². The average molecular weight is 284 g/mol. The quantitative estimate of drug-likeness (QED) is 0.631. The number of ketones is 1. The van der Waals surface area contributed by atoms with Gasteiger partial charge in [0.05, 0.1) is 5.02 Å². The van der Waals surface area contributed by atoms with E-state index in [2.05, 4.69) is 4.98 Å². The van der Waals surface area contributed by atoms with Crippen LogP contribution >= 0.6 is 23.2 Å².